The van der Waals surface area contributed by atoms with Gasteiger partial charge in [-0.1, -0.05) is 12.8 Å². The van der Waals surface area contributed by atoms with E-state index in [1.807, 2.05) is 12.4 Å². The summed E-state index contributed by atoms with van der Waals surface area (Å²) in [4.78, 5) is 17.8. The SMILES string of the molecule is CN(Cc1cscn1)C(=O)CNC1CCCC1. The molecular formula is C12H19N3OS. The fourth-order valence-electron chi connectivity index (χ4n) is 2.14. The maximum atomic E-state index is 11.9. The fraction of sp³-hybridized carbons (Fsp3) is 0.667. The van der Waals surface area contributed by atoms with Crippen LogP contribution in [0.5, 0.6) is 0 Å². The number of nitrogens with one attached hydrogen (secondary N) is 1. The summed E-state index contributed by atoms with van der Waals surface area (Å²) in [6.07, 6.45) is 5.01. The van der Waals surface area contributed by atoms with Crippen LogP contribution in [0.4, 0.5) is 0 Å². The first-order valence-corrected chi connectivity index (χ1v) is 7.04. The van der Waals surface area contributed by atoms with E-state index in [0.29, 0.717) is 19.1 Å². The van der Waals surface area contributed by atoms with Gasteiger partial charge in [0.05, 0.1) is 24.3 Å². The van der Waals surface area contributed by atoms with Gasteiger partial charge in [-0.15, -0.1) is 11.3 Å². The second kappa shape index (κ2) is 6.12. The third-order valence-electron chi connectivity index (χ3n) is 3.21. The lowest BCUT2D eigenvalue weighted by Gasteiger charge is -2.18. The largest absolute Gasteiger partial charge is 0.339 e. The number of aromatic nitrogens is 1. The number of thiazole rings is 1. The predicted molar refractivity (Wildman–Crippen MR) is 68.8 cm³/mol. The van der Waals surface area contributed by atoms with Crippen molar-refractivity contribution in [3.05, 3.63) is 16.6 Å². The molecule has 1 N–H and O–H groups in total. The molecule has 2 rings (SSSR count). The average Bonchev–Trinajstić information content (AvgIpc) is 2.98. The van der Waals surface area contributed by atoms with Crippen LogP contribution in [0, 0.1) is 0 Å². The van der Waals surface area contributed by atoms with Crippen molar-refractivity contribution in [2.45, 2.75) is 38.3 Å². The summed E-state index contributed by atoms with van der Waals surface area (Å²) in [6.45, 7) is 1.06. The van der Waals surface area contributed by atoms with Gasteiger partial charge in [0.2, 0.25) is 5.91 Å². The number of amides is 1. The molecule has 1 aliphatic rings. The van der Waals surface area contributed by atoms with Gasteiger partial charge >= 0.3 is 0 Å². The Morgan fingerprint density at radius 2 is 2.35 bits per heavy atom. The molecule has 0 aliphatic heterocycles. The van der Waals surface area contributed by atoms with Crippen LogP contribution in [0.25, 0.3) is 0 Å². The van der Waals surface area contributed by atoms with Gasteiger partial charge in [0.1, 0.15) is 0 Å². The normalized spacial score (nSPS) is 16.3. The molecule has 1 heterocycles. The molecular weight excluding hydrogens is 234 g/mol. The van der Waals surface area contributed by atoms with Crippen molar-refractivity contribution in [2.75, 3.05) is 13.6 Å². The van der Waals surface area contributed by atoms with E-state index < -0.39 is 0 Å². The maximum absolute atomic E-state index is 11.9. The van der Waals surface area contributed by atoms with Crippen molar-refractivity contribution in [3.8, 4) is 0 Å². The Balaban J connectivity index is 1.71. The van der Waals surface area contributed by atoms with E-state index in [9.17, 15) is 4.79 Å². The molecule has 5 heteroatoms. The molecule has 0 aromatic carbocycles. The van der Waals surface area contributed by atoms with E-state index in [4.69, 9.17) is 0 Å². The van der Waals surface area contributed by atoms with Crippen molar-refractivity contribution in [2.24, 2.45) is 0 Å². The standard InChI is InChI=1S/C12H19N3OS/c1-15(7-11-8-17-9-14-11)12(16)6-13-10-4-2-3-5-10/h8-10,13H,2-7H2,1H3. The summed E-state index contributed by atoms with van der Waals surface area (Å²) in [5.74, 6) is 0.143. The predicted octanol–water partition coefficient (Wildman–Crippen LogP) is 1.63. The molecule has 1 aliphatic carbocycles. The molecule has 1 amide bonds. The van der Waals surface area contributed by atoms with Gasteiger partial charge < -0.3 is 10.2 Å². The van der Waals surface area contributed by atoms with Crippen LogP contribution in [-0.2, 0) is 11.3 Å². The number of hydrogen-bond acceptors (Lipinski definition) is 4. The van der Waals surface area contributed by atoms with Gasteiger partial charge in [-0.25, -0.2) is 4.98 Å². The summed E-state index contributed by atoms with van der Waals surface area (Å²) in [6, 6.07) is 0.548. The lowest BCUT2D eigenvalue weighted by atomic mass is 10.2. The molecule has 94 valence electrons. The first kappa shape index (κ1) is 12.5. The Hall–Kier alpha value is -0.940. The monoisotopic (exact) mass is 253 g/mol. The molecule has 1 saturated carbocycles. The molecule has 0 bridgehead atoms. The summed E-state index contributed by atoms with van der Waals surface area (Å²) in [7, 11) is 1.83. The number of carbonyl (C=O) groups excluding carboxylic acids is 1. The number of nitrogens with zero attached hydrogens (tertiary/aromatic N) is 2. The summed E-state index contributed by atoms with van der Waals surface area (Å²) < 4.78 is 0. The zero-order chi connectivity index (χ0) is 12.1. The van der Waals surface area contributed by atoms with Gasteiger partial charge in [-0.3, -0.25) is 4.79 Å². The van der Waals surface area contributed by atoms with Crippen molar-refractivity contribution in [3.63, 3.8) is 0 Å². The minimum Gasteiger partial charge on any atom is -0.339 e. The summed E-state index contributed by atoms with van der Waals surface area (Å²) >= 11 is 1.56. The van der Waals surface area contributed by atoms with Crippen molar-refractivity contribution >= 4 is 17.2 Å². The zero-order valence-electron chi connectivity index (χ0n) is 10.2. The highest BCUT2D eigenvalue weighted by molar-refractivity contribution is 7.07. The van der Waals surface area contributed by atoms with Crippen molar-refractivity contribution < 1.29 is 4.79 Å². The highest BCUT2D eigenvalue weighted by Gasteiger charge is 2.16. The molecule has 1 aromatic rings. The second-order valence-corrected chi connectivity index (χ2v) is 5.31. The van der Waals surface area contributed by atoms with Crippen LogP contribution in [0.1, 0.15) is 31.4 Å². The van der Waals surface area contributed by atoms with Crippen LogP contribution >= 0.6 is 11.3 Å². The average molecular weight is 253 g/mol. The van der Waals surface area contributed by atoms with Crippen molar-refractivity contribution in [1.82, 2.24) is 15.2 Å². The van der Waals surface area contributed by atoms with Crippen LogP contribution < -0.4 is 5.32 Å². The van der Waals surface area contributed by atoms with Crippen LogP contribution in [0.3, 0.4) is 0 Å². The van der Waals surface area contributed by atoms with Crippen LogP contribution in [0.2, 0.25) is 0 Å². The number of likely N-dealkylation sites (N-methyl/N-ethyl adjacent to an activating group) is 1. The van der Waals surface area contributed by atoms with E-state index in [-0.39, 0.29) is 5.91 Å². The van der Waals surface area contributed by atoms with E-state index in [1.165, 1.54) is 25.7 Å². The Kier molecular flexibility index (Phi) is 4.50. The lowest BCUT2D eigenvalue weighted by Crippen LogP contribution is -2.38. The molecule has 1 fully saturated rings. The van der Waals surface area contributed by atoms with Crippen LogP contribution in [0.15, 0.2) is 10.9 Å². The van der Waals surface area contributed by atoms with E-state index in [1.54, 1.807) is 21.7 Å². The van der Waals surface area contributed by atoms with Gasteiger partial charge in [-0.2, -0.15) is 0 Å². The van der Waals surface area contributed by atoms with E-state index in [0.717, 1.165) is 5.69 Å². The molecule has 0 atom stereocenters. The van der Waals surface area contributed by atoms with Crippen molar-refractivity contribution in [1.29, 1.82) is 0 Å². The molecule has 1 aromatic heterocycles. The fourth-order valence-corrected chi connectivity index (χ4v) is 2.69. The summed E-state index contributed by atoms with van der Waals surface area (Å²) in [5, 5.41) is 5.31. The highest BCUT2D eigenvalue weighted by Crippen LogP contribution is 2.17. The summed E-state index contributed by atoms with van der Waals surface area (Å²) in [5.41, 5.74) is 2.76. The zero-order valence-corrected chi connectivity index (χ0v) is 11.0. The van der Waals surface area contributed by atoms with E-state index in [2.05, 4.69) is 10.3 Å². The topological polar surface area (TPSA) is 45.2 Å². The molecule has 4 nitrogen and oxygen atoms in total. The first-order valence-electron chi connectivity index (χ1n) is 6.10. The lowest BCUT2D eigenvalue weighted by molar-refractivity contribution is -0.129. The van der Waals surface area contributed by atoms with Gasteiger partial charge in [0.15, 0.2) is 0 Å². The van der Waals surface area contributed by atoms with Gasteiger partial charge in [0, 0.05) is 18.5 Å². The quantitative estimate of drug-likeness (QED) is 0.867. The van der Waals surface area contributed by atoms with Gasteiger partial charge in [-0.05, 0) is 12.8 Å². The molecule has 0 saturated heterocycles. The Bertz CT molecular complexity index is 347. The Morgan fingerprint density at radius 1 is 1.59 bits per heavy atom. The maximum Gasteiger partial charge on any atom is 0.236 e. The number of rotatable bonds is 5. The first-order chi connectivity index (χ1) is 8.25. The minimum atomic E-state index is 0.143. The molecule has 0 radical (unpaired) electrons. The third kappa shape index (κ3) is 3.78. The number of carbonyl (C=O) groups is 1. The Labute approximate surface area is 106 Å². The molecule has 17 heavy (non-hydrogen) atoms. The highest BCUT2D eigenvalue weighted by atomic mass is 32.1. The smallest absolute Gasteiger partial charge is 0.236 e. The Morgan fingerprint density at radius 3 is 3.00 bits per heavy atom. The molecule has 0 spiro atoms. The number of hydrogen-bond donors (Lipinski definition) is 1. The van der Waals surface area contributed by atoms with Gasteiger partial charge in [0.25, 0.3) is 0 Å². The minimum absolute atomic E-state index is 0.143. The third-order valence-corrected chi connectivity index (χ3v) is 3.84. The molecule has 0 unspecified atom stereocenters. The van der Waals surface area contributed by atoms with Crippen LogP contribution in [-0.4, -0.2) is 35.4 Å². The van der Waals surface area contributed by atoms with E-state index >= 15 is 0 Å². The second-order valence-electron chi connectivity index (χ2n) is 4.59.